The molecule has 0 unspecified atom stereocenters. The Morgan fingerprint density at radius 1 is 1.38 bits per heavy atom. The molecule has 3 aromatic rings. The summed E-state index contributed by atoms with van der Waals surface area (Å²) in [6.45, 7) is 2.15. The van der Waals surface area contributed by atoms with Crippen molar-refractivity contribution in [1.82, 2.24) is 0 Å². The predicted molar refractivity (Wildman–Crippen MR) is 69.7 cm³/mol. The normalized spacial score (nSPS) is 11.4. The molecule has 0 aliphatic heterocycles. The van der Waals surface area contributed by atoms with E-state index >= 15 is 0 Å². The number of aromatic nitrogens is 1. The maximum absolute atomic E-state index is 5.45. The average Bonchev–Trinajstić information content (AvgIpc) is 2.84. The van der Waals surface area contributed by atoms with E-state index in [1.807, 2.05) is 11.3 Å². The van der Waals surface area contributed by atoms with Gasteiger partial charge < -0.3 is 4.74 Å². The number of thiophene rings is 1. The van der Waals surface area contributed by atoms with Gasteiger partial charge in [0.1, 0.15) is 22.2 Å². The van der Waals surface area contributed by atoms with Crippen molar-refractivity contribution in [3.8, 4) is 5.75 Å². The number of benzene rings is 1. The first-order chi connectivity index (χ1) is 7.72. The van der Waals surface area contributed by atoms with Gasteiger partial charge in [-0.1, -0.05) is 11.3 Å². The molecule has 1 aromatic carbocycles. The minimum Gasteiger partial charge on any atom is -0.496 e. The predicted octanol–water partition coefficient (Wildman–Crippen LogP) is 3.26. The van der Waals surface area contributed by atoms with Crippen LogP contribution in [-0.2, 0) is 7.05 Å². The van der Waals surface area contributed by atoms with E-state index in [0.29, 0.717) is 0 Å². The lowest BCUT2D eigenvalue weighted by Crippen LogP contribution is -2.28. The highest BCUT2D eigenvalue weighted by Crippen LogP contribution is 2.37. The summed E-state index contributed by atoms with van der Waals surface area (Å²) >= 11 is 3.60. The van der Waals surface area contributed by atoms with Gasteiger partial charge in [0.05, 0.1) is 7.11 Å². The van der Waals surface area contributed by atoms with E-state index < -0.39 is 0 Å². The van der Waals surface area contributed by atoms with Crippen molar-refractivity contribution in [3.63, 3.8) is 0 Å². The molecule has 2 heterocycles. The Balaban J connectivity index is 2.59. The Morgan fingerprint density at radius 2 is 2.19 bits per heavy atom. The zero-order valence-electron chi connectivity index (χ0n) is 9.40. The monoisotopic (exact) mass is 250 g/mol. The highest BCUT2D eigenvalue weighted by Gasteiger charge is 2.20. The Kier molecular flexibility index (Phi) is 2.16. The lowest BCUT2D eigenvalue weighted by Gasteiger charge is -2.00. The van der Waals surface area contributed by atoms with Crippen LogP contribution < -0.4 is 9.30 Å². The smallest absolute Gasteiger partial charge is 0.241 e. The van der Waals surface area contributed by atoms with Crippen LogP contribution in [0.25, 0.3) is 20.3 Å². The minimum absolute atomic E-state index is 0.977. The van der Waals surface area contributed by atoms with E-state index in [-0.39, 0.29) is 0 Å². The molecule has 16 heavy (non-hydrogen) atoms. The minimum atomic E-state index is 0.977. The number of nitrogens with zero attached hydrogens (tertiary/aromatic N) is 1. The molecule has 0 saturated heterocycles. The number of methoxy groups -OCH3 is 1. The first-order valence-electron chi connectivity index (χ1n) is 5.05. The van der Waals surface area contributed by atoms with Crippen molar-refractivity contribution in [2.45, 2.75) is 6.92 Å². The molecule has 0 aliphatic rings. The standard InChI is InChI=1S/C12H12NOS2/c1-7-13(2)11-10(16-7)6-9(14-3)8-4-5-15-12(8)11/h4-6H,1-3H3/q+1. The number of aryl methyl sites for hydroxylation is 2. The van der Waals surface area contributed by atoms with Crippen molar-refractivity contribution >= 4 is 43.0 Å². The van der Waals surface area contributed by atoms with Gasteiger partial charge >= 0.3 is 0 Å². The van der Waals surface area contributed by atoms with E-state index in [0.717, 1.165) is 5.75 Å². The van der Waals surface area contributed by atoms with E-state index in [1.54, 1.807) is 18.4 Å². The van der Waals surface area contributed by atoms with E-state index in [4.69, 9.17) is 4.74 Å². The molecule has 0 radical (unpaired) electrons. The second-order valence-electron chi connectivity index (χ2n) is 3.77. The number of hydrogen-bond acceptors (Lipinski definition) is 3. The van der Waals surface area contributed by atoms with Crippen LogP contribution >= 0.6 is 22.7 Å². The highest BCUT2D eigenvalue weighted by atomic mass is 32.1. The second kappa shape index (κ2) is 3.43. The lowest BCUT2D eigenvalue weighted by molar-refractivity contribution is -0.645. The SMILES string of the molecule is COc1cc2sc(C)[n+](C)c2c2sccc12. The molecule has 0 N–H and O–H groups in total. The fraction of sp³-hybridized carbons (Fsp3) is 0.250. The van der Waals surface area contributed by atoms with E-state index in [1.165, 1.54) is 25.3 Å². The van der Waals surface area contributed by atoms with Crippen molar-refractivity contribution < 1.29 is 9.30 Å². The second-order valence-corrected chi connectivity index (χ2v) is 5.92. The topological polar surface area (TPSA) is 13.1 Å². The lowest BCUT2D eigenvalue weighted by atomic mass is 10.2. The summed E-state index contributed by atoms with van der Waals surface area (Å²) in [4.78, 5) is 0. The van der Waals surface area contributed by atoms with Crippen LogP contribution in [0.5, 0.6) is 5.75 Å². The summed E-state index contributed by atoms with van der Waals surface area (Å²) in [5.41, 5.74) is 1.33. The van der Waals surface area contributed by atoms with Crippen molar-refractivity contribution in [1.29, 1.82) is 0 Å². The average molecular weight is 250 g/mol. The Hall–Kier alpha value is -1.13. The fourth-order valence-electron chi connectivity index (χ4n) is 2.01. The molecular weight excluding hydrogens is 238 g/mol. The summed E-state index contributed by atoms with van der Waals surface area (Å²) in [5.74, 6) is 0.977. The zero-order chi connectivity index (χ0) is 11.3. The summed E-state index contributed by atoms with van der Waals surface area (Å²) < 4.78 is 10.3. The van der Waals surface area contributed by atoms with Crippen molar-refractivity contribution in [3.05, 3.63) is 22.5 Å². The van der Waals surface area contributed by atoms with Crippen LogP contribution in [0.3, 0.4) is 0 Å². The van der Waals surface area contributed by atoms with Crippen molar-refractivity contribution in [2.24, 2.45) is 7.05 Å². The molecule has 2 aromatic heterocycles. The molecule has 4 heteroatoms. The summed E-state index contributed by atoms with van der Waals surface area (Å²) in [5, 5.41) is 4.66. The first kappa shape index (κ1) is 10.1. The fourth-order valence-corrected chi connectivity index (χ4v) is 4.12. The van der Waals surface area contributed by atoms with Gasteiger partial charge in [0.2, 0.25) is 10.5 Å². The number of fused-ring (bicyclic) bond motifs is 3. The van der Waals surface area contributed by atoms with Gasteiger partial charge in [0.15, 0.2) is 0 Å². The van der Waals surface area contributed by atoms with E-state index in [9.17, 15) is 0 Å². The largest absolute Gasteiger partial charge is 0.496 e. The number of thiazole rings is 1. The Bertz CT molecular complexity index is 681. The molecule has 3 rings (SSSR count). The van der Waals surface area contributed by atoms with Gasteiger partial charge in [-0.3, -0.25) is 0 Å². The molecule has 0 saturated carbocycles. The third-order valence-electron chi connectivity index (χ3n) is 2.93. The zero-order valence-corrected chi connectivity index (χ0v) is 11.0. The summed E-state index contributed by atoms with van der Waals surface area (Å²) in [7, 11) is 3.86. The van der Waals surface area contributed by atoms with Gasteiger partial charge in [0.25, 0.3) is 0 Å². The molecule has 0 spiro atoms. The van der Waals surface area contributed by atoms with E-state index in [2.05, 4.69) is 36.1 Å². The molecule has 2 nitrogen and oxygen atoms in total. The van der Waals surface area contributed by atoms with Crippen LogP contribution in [0.15, 0.2) is 17.5 Å². The third-order valence-corrected chi connectivity index (χ3v) is 4.95. The van der Waals surface area contributed by atoms with Gasteiger partial charge in [-0.15, -0.1) is 11.3 Å². The van der Waals surface area contributed by atoms with Crippen LogP contribution in [0.2, 0.25) is 0 Å². The van der Waals surface area contributed by atoms with Crippen LogP contribution in [0, 0.1) is 6.92 Å². The maximum atomic E-state index is 5.45. The van der Waals surface area contributed by atoms with Gasteiger partial charge in [-0.25, -0.2) is 0 Å². The summed E-state index contributed by atoms with van der Waals surface area (Å²) in [6.07, 6.45) is 0. The van der Waals surface area contributed by atoms with Gasteiger partial charge in [-0.2, -0.15) is 4.57 Å². The number of rotatable bonds is 1. The maximum Gasteiger partial charge on any atom is 0.241 e. The quantitative estimate of drug-likeness (QED) is 0.604. The number of hydrogen-bond donors (Lipinski definition) is 0. The molecule has 0 bridgehead atoms. The molecule has 0 atom stereocenters. The number of ether oxygens (including phenoxy) is 1. The molecular formula is C12H12NOS2+. The first-order valence-corrected chi connectivity index (χ1v) is 6.75. The van der Waals surface area contributed by atoms with Crippen LogP contribution in [0.4, 0.5) is 0 Å². The van der Waals surface area contributed by atoms with Crippen molar-refractivity contribution in [2.75, 3.05) is 7.11 Å². The highest BCUT2D eigenvalue weighted by molar-refractivity contribution is 7.21. The Morgan fingerprint density at radius 3 is 2.94 bits per heavy atom. The summed E-state index contributed by atoms with van der Waals surface area (Å²) in [6, 6.07) is 4.27. The molecule has 0 aliphatic carbocycles. The van der Waals surface area contributed by atoms with Gasteiger partial charge in [-0.05, 0) is 11.4 Å². The van der Waals surface area contributed by atoms with Crippen LogP contribution in [0.1, 0.15) is 5.01 Å². The van der Waals surface area contributed by atoms with Crippen LogP contribution in [-0.4, -0.2) is 7.11 Å². The molecule has 0 amide bonds. The molecule has 82 valence electrons. The third kappa shape index (κ3) is 1.20. The van der Waals surface area contributed by atoms with Gasteiger partial charge in [0, 0.05) is 18.4 Å². The Labute approximate surface area is 102 Å². The molecule has 0 fully saturated rings.